The van der Waals surface area contributed by atoms with Crippen LogP contribution in [0.1, 0.15) is 37.8 Å². The van der Waals surface area contributed by atoms with E-state index in [1.807, 2.05) is 0 Å². The van der Waals surface area contributed by atoms with Crippen molar-refractivity contribution in [3.05, 3.63) is 46.4 Å². The van der Waals surface area contributed by atoms with Gasteiger partial charge in [0.25, 0.3) is 5.91 Å². The van der Waals surface area contributed by atoms with Gasteiger partial charge >= 0.3 is 5.97 Å². The van der Waals surface area contributed by atoms with Gasteiger partial charge in [0.1, 0.15) is 17.3 Å². The summed E-state index contributed by atoms with van der Waals surface area (Å²) < 4.78 is 5.38. The summed E-state index contributed by atoms with van der Waals surface area (Å²) in [5.41, 5.74) is 1.03. The molecule has 0 atom stereocenters. The van der Waals surface area contributed by atoms with Crippen LogP contribution < -0.4 is 5.32 Å². The first-order valence-corrected chi connectivity index (χ1v) is 6.25. The summed E-state index contributed by atoms with van der Waals surface area (Å²) in [4.78, 5) is 23.5. The molecule has 1 amide bonds. The second-order valence-corrected chi connectivity index (χ2v) is 4.70. The van der Waals surface area contributed by atoms with Gasteiger partial charge < -0.3 is 19.9 Å². The Morgan fingerprint density at radius 1 is 1.14 bits per heavy atom. The summed E-state index contributed by atoms with van der Waals surface area (Å²) >= 11 is 0. The van der Waals surface area contributed by atoms with Crippen molar-refractivity contribution >= 4 is 17.6 Å². The fourth-order valence-electron chi connectivity index (χ4n) is 2.13. The van der Waals surface area contributed by atoms with Crippen LogP contribution in [0.15, 0.2) is 22.6 Å². The smallest absolute Gasteiger partial charge is 0.337 e. The van der Waals surface area contributed by atoms with Gasteiger partial charge in [-0.3, -0.25) is 4.79 Å². The van der Waals surface area contributed by atoms with Crippen molar-refractivity contribution in [2.45, 2.75) is 20.8 Å². The Labute approximate surface area is 121 Å². The lowest BCUT2D eigenvalue weighted by molar-refractivity contribution is 0.0697. The SMILES string of the molecule is Cc1oc(C)c(C(=O)Nc2ccc(O)cc2C(=O)O)c1C. The molecule has 3 N–H and O–H groups in total. The minimum absolute atomic E-state index is 0.114. The maximum atomic E-state index is 12.3. The monoisotopic (exact) mass is 289 g/mol. The zero-order valence-corrected chi connectivity index (χ0v) is 11.9. The Balaban J connectivity index is 2.38. The van der Waals surface area contributed by atoms with E-state index in [0.29, 0.717) is 22.6 Å². The Hall–Kier alpha value is -2.76. The fourth-order valence-corrected chi connectivity index (χ4v) is 2.13. The summed E-state index contributed by atoms with van der Waals surface area (Å²) in [5, 5.41) is 21.0. The lowest BCUT2D eigenvalue weighted by Gasteiger charge is -2.09. The third-order valence-electron chi connectivity index (χ3n) is 3.27. The highest BCUT2D eigenvalue weighted by Gasteiger charge is 2.20. The number of carboxylic acid groups (broad SMARTS) is 1. The number of aryl methyl sites for hydroxylation is 2. The molecule has 0 spiro atoms. The first-order chi connectivity index (χ1) is 9.81. The number of carbonyl (C=O) groups is 2. The number of benzene rings is 1. The molecule has 1 heterocycles. The number of aromatic hydroxyl groups is 1. The predicted octanol–water partition coefficient (Wildman–Crippen LogP) is 2.86. The number of nitrogens with one attached hydrogen (secondary N) is 1. The van der Waals surface area contributed by atoms with Crippen LogP contribution in [0.3, 0.4) is 0 Å². The quantitative estimate of drug-likeness (QED) is 0.754. The van der Waals surface area contributed by atoms with E-state index >= 15 is 0 Å². The Morgan fingerprint density at radius 2 is 1.81 bits per heavy atom. The summed E-state index contributed by atoms with van der Waals surface area (Å²) in [6.07, 6.45) is 0. The highest BCUT2D eigenvalue weighted by atomic mass is 16.4. The van der Waals surface area contributed by atoms with Gasteiger partial charge in [0, 0.05) is 5.56 Å². The minimum Gasteiger partial charge on any atom is -0.508 e. The molecular weight excluding hydrogens is 274 g/mol. The molecule has 0 radical (unpaired) electrons. The number of aromatic carboxylic acids is 1. The summed E-state index contributed by atoms with van der Waals surface area (Å²) in [6, 6.07) is 3.73. The van der Waals surface area contributed by atoms with E-state index < -0.39 is 11.9 Å². The number of amides is 1. The van der Waals surface area contributed by atoms with E-state index in [1.54, 1.807) is 20.8 Å². The minimum atomic E-state index is -1.24. The van der Waals surface area contributed by atoms with Gasteiger partial charge in [-0.1, -0.05) is 0 Å². The number of phenolic OH excluding ortho intramolecular Hbond substituents is 1. The topological polar surface area (TPSA) is 99.8 Å². The Morgan fingerprint density at radius 3 is 2.33 bits per heavy atom. The largest absolute Gasteiger partial charge is 0.508 e. The summed E-state index contributed by atoms with van der Waals surface area (Å²) in [7, 11) is 0. The van der Waals surface area contributed by atoms with E-state index in [4.69, 9.17) is 9.52 Å². The second kappa shape index (κ2) is 5.32. The van der Waals surface area contributed by atoms with Gasteiger partial charge in [-0.05, 0) is 39.0 Å². The molecule has 6 nitrogen and oxygen atoms in total. The summed E-state index contributed by atoms with van der Waals surface area (Å²) in [5.74, 6) is -0.759. The molecule has 1 aromatic heterocycles. The normalized spacial score (nSPS) is 10.4. The van der Waals surface area contributed by atoms with Crippen molar-refractivity contribution < 1.29 is 24.2 Å². The molecule has 0 fully saturated rings. The number of hydrogen-bond acceptors (Lipinski definition) is 4. The third-order valence-corrected chi connectivity index (χ3v) is 3.27. The molecule has 2 rings (SSSR count). The molecule has 110 valence electrons. The first-order valence-electron chi connectivity index (χ1n) is 6.25. The maximum absolute atomic E-state index is 12.3. The van der Waals surface area contributed by atoms with Crippen LogP contribution in [0.5, 0.6) is 5.75 Å². The van der Waals surface area contributed by atoms with Crippen molar-refractivity contribution in [1.29, 1.82) is 0 Å². The zero-order chi connectivity index (χ0) is 15.7. The summed E-state index contributed by atoms with van der Waals surface area (Å²) in [6.45, 7) is 5.18. The van der Waals surface area contributed by atoms with Crippen molar-refractivity contribution in [1.82, 2.24) is 0 Å². The van der Waals surface area contributed by atoms with Crippen LogP contribution in [0.2, 0.25) is 0 Å². The first kappa shape index (κ1) is 14.6. The van der Waals surface area contributed by atoms with E-state index in [-0.39, 0.29) is 17.0 Å². The van der Waals surface area contributed by atoms with Crippen LogP contribution in [-0.2, 0) is 0 Å². The zero-order valence-electron chi connectivity index (χ0n) is 11.9. The van der Waals surface area contributed by atoms with Gasteiger partial charge in [-0.25, -0.2) is 4.79 Å². The fraction of sp³-hybridized carbons (Fsp3) is 0.200. The number of rotatable bonds is 3. The predicted molar refractivity (Wildman–Crippen MR) is 75.9 cm³/mol. The molecule has 0 aliphatic rings. The van der Waals surface area contributed by atoms with Crippen LogP contribution in [-0.4, -0.2) is 22.1 Å². The van der Waals surface area contributed by atoms with Gasteiger partial charge in [0.2, 0.25) is 0 Å². The Kier molecular flexibility index (Phi) is 3.71. The Bertz CT molecular complexity index is 730. The molecular formula is C15H15NO5. The number of furan rings is 1. The molecule has 6 heteroatoms. The lowest BCUT2D eigenvalue weighted by atomic mass is 10.1. The maximum Gasteiger partial charge on any atom is 0.337 e. The van der Waals surface area contributed by atoms with E-state index in [0.717, 1.165) is 6.07 Å². The number of phenols is 1. The standard InChI is InChI=1S/C15H15NO5/c1-7-8(2)21-9(3)13(7)14(18)16-12-5-4-10(17)6-11(12)15(19)20/h4-6,17H,1-3H3,(H,16,18)(H,19,20). The van der Waals surface area contributed by atoms with Gasteiger partial charge in [-0.2, -0.15) is 0 Å². The molecule has 0 unspecified atom stereocenters. The average Bonchev–Trinajstić information content (AvgIpc) is 2.65. The molecule has 0 bridgehead atoms. The third kappa shape index (κ3) is 2.74. The number of hydrogen-bond donors (Lipinski definition) is 3. The van der Waals surface area contributed by atoms with Gasteiger partial charge in [0.05, 0.1) is 16.8 Å². The highest BCUT2D eigenvalue weighted by molar-refractivity contribution is 6.09. The average molecular weight is 289 g/mol. The van der Waals surface area contributed by atoms with Gasteiger partial charge in [-0.15, -0.1) is 0 Å². The van der Waals surface area contributed by atoms with Crippen molar-refractivity contribution in [3.63, 3.8) is 0 Å². The van der Waals surface area contributed by atoms with Crippen LogP contribution in [0, 0.1) is 20.8 Å². The number of carboxylic acids is 1. The lowest BCUT2D eigenvalue weighted by Crippen LogP contribution is -2.16. The van der Waals surface area contributed by atoms with Crippen LogP contribution in [0.4, 0.5) is 5.69 Å². The second-order valence-electron chi connectivity index (χ2n) is 4.70. The molecule has 2 aromatic rings. The number of carbonyl (C=O) groups excluding carboxylic acids is 1. The molecule has 0 saturated heterocycles. The van der Waals surface area contributed by atoms with Crippen molar-refractivity contribution in [2.24, 2.45) is 0 Å². The molecule has 0 saturated carbocycles. The highest BCUT2D eigenvalue weighted by Crippen LogP contribution is 2.25. The van der Waals surface area contributed by atoms with Gasteiger partial charge in [0.15, 0.2) is 0 Å². The van der Waals surface area contributed by atoms with Crippen LogP contribution >= 0.6 is 0 Å². The van der Waals surface area contributed by atoms with Crippen molar-refractivity contribution in [2.75, 3.05) is 5.32 Å². The van der Waals surface area contributed by atoms with E-state index in [9.17, 15) is 14.7 Å². The molecule has 21 heavy (non-hydrogen) atoms. The van der Waals surface area contributed by atoms with E-state index in [2.05, 4.69) is 5.32 Å². The molecule has 0 aliphatic carbocycles. The molecule has 0 aliphatic heterocycles. The van der Waals surface area contributed by atoms with E-state index in [1.165, 1.54) is 12.1 Å². The van der Waals surface area contributed by atoms with Crippen molar-refractivity contribution in [3.8, 4) is 5.75 Å². The molecule has 1 aromatic carbocycles. The van der Waals surface area contributed by atoms with Crippen LogP contribution in [0.25, 0.3) is 0 Å². The number of anilines is 1.